The Morgan fingerprint density at radius 2 is 1.83 bits per heavy atom. The first-order valence-electron chi connectivity index (χ1n) is 7.88. The van der Waals surface area contributed by atoms with Crippen molar-refractivity contribution in [2.24, 2.45) is 0 Å². The van der Waals surface area contributed by atoms with Crippen LogP contribution in [0.15, 0.2) is 67.3 Å². The summed E-state index contributed by atoms with van der Waals surface area (Å²) in [7, 11) is 0. The molecule has 2 aromatic rings. The number of carbonyl (C=O) groups is 1. The van der Waals surface area contributed by atoms with Crippen molar-refractivity contribution in [3.05, 3.63) is 72.8 Å². The molecule has 1 heterocycles. The Bertz CT molecular complexity index is 723. The smallest absolute Gasteiger partial charge is 0.242 e. The highest BCUT2D eigenvalue weighted by molar-refractivity contribution is 6.13. The fourth-order valence-electron chi connectivity index (χ4n) is 3.57. The fraction of sp³-hybridized carbons (Fsp3) is 0.250. The number of para-hydroxylation sites is 2. The van der Waals surface area contributed by atoms with Gasteiger partial charge in [-0.25, -0.2) is 0 Å². The monoisotopic (exact) mass is 307 g/mol. The molecule has 1 aliphatic heterocycles. The van der Waals surface area contributed by atoms with E-state index in [4.69, 9.17) is 0 Å². The molecule has 118 valence electrons. The van der Waals surface area contributed by atoms with Crippen LogP contribution in [0.3, 0.4) is 0 Å². The van der Waals surface area contributed by atoms with E-state index in [0.717, 1.165) is 16.9 Å². The molecule has 0 aliphatic carbocycles. The van der Waals surface area contributed by atoms with Crippen LogP contribution in [0.2, 0.25) is 0 Å². The Hall–Kier alpha value is -2.39. The zero-order chi connectivity index (χ0) is 16.4. The molecule has 1 aliphatic rings. The number of hydrogen-bond acceptors (Lipinski definition) is 2. The second kappa shape index (κ2) is 6.01. The van der Waals surface area contributed by atoms with E-state index >= 15 is 0 Å². The third-order valence-corrected chi connectivity index (χ3v) is 4.42. The van der Waals surface area contributed by atoms with Gasteiger partial charge in [-0.2, -0.15) is 0 Å². The van der Waals surface area contributed by atoms with Crippen LogP contribution in [-0.2, 0) is 10.2 Å². The molecule has 0 saturated carbocycles. The number of anilines is 2. The van der Waals surface area contributed by atoms with Crippen molar-refractivity contribution in [3.63, 3.8) is 0 Å². The van der Waals surface area contributed by atoms with E-state index in [2.05, 4.69) is 6.58 Å². The highest BCUT2D eigenvalue weighted by Crippen LogP contribution is 2.49. The topological polar surface area (TPSA) is 40.5 Å². The van der Waals surface area contributed by atoms with E-state index < -0.39 is 11.5 Å². The molecular formula is C20H21NO2. The summed E-state index contributed by atoms with van der Waals surface area (Å²) in [4.78, 5) is 15.1. The van der Waals surface area contributed by atoms with Crippen LogP contribution in [0.25, 0.3) is 0 Å². The number of carbonyl (C=O) groups excluding carboxylic acids is 1. The van der Waals surface area contributed by atoms with E-state index in [9.17, 15) is 9.90 Å². The van der Waals surface area contributed by atoms with Gasteiger partial charge >= 0.3 is 0 Å². The first kappa shape index (κ1) is 15.5. The zero-order valence-electron chi connectivity index (χ0n) is 13.3. The summed E-state index contributed by atoms with van der Waals surface area (Å²) < 4.78 is 0. The summed E-state index contributed by atoms with van der Waals surface area (Å²) in [5.74, 6) is 0.00528. The molecule has 3 heteroatoms. The minimum atomic E-state index is -0.748. The average Bonchev–Trinajstić information content (AvgIpc) is 2.77. The van der Waals surface area contributed by atoms with E-state index in [1.807, 2.05) is 54.6 Å². The van der Waals surface area contributed by atoms with Crippen LogP contribution in [0.1, 0.15) is 25.3 Å². The summed E-state index contributed by atoms with van der Waals surface area (Å²) >= 11 is 0. The Morgan fingerprint density at radius 1 is 1.17 bits per heavy atom. The first-order chi connectivity index (χ1) is 11.1. The van der Waals surface area contributed by atoms with Gasteiger partial charge in [0.25, 0.3) is 0 Å². The molecule has 2 atom stereocenters. The number of aliphatic hydroxyl groups is 1. The van der Waals surface area contributed by atoms with Crippen LogP contribution in [0.4, 0.5) is 11.4 Å². The van der Waals surface area contributed by atoms with Crippen molar-refractivity contribution in [1.82, 2.24) is 0 Å². The summed E-state index contributed by atoms with van der Waals surface area (Å²) in [5.41, 5.74) is 1.96. The first-order valence-corrected chi connectivity index (χ1v) is 7.88. The van der Waals surface area contributed by atoms with Crippen LogP contribution in [0, 0.1) is 0 Å². The number of benzene rings is 2. The molecule has 0 spiro atoms. The van der Waals surface area contributed by atoms with Gasteiger partial charge in [-0.15, -0.1) is 6.58 Å². The van der Waals surface area contributed by atoms with Crippen molar-refractivity contribution in [2.45, 2.75) is 31.3 Å². The largest absolute Gasteiger partial charge is 0.393 e. The van der Waals surface area contributed by atoms with Crippen molar-refractivity contribution >= 4 is 17.3 Å². The maximum atomic E-state index is 13.4. The number of fused-ring (bicyclic) bond motifs is 1. The van der Waals surface area contributed by atoms with Crippen molar-refractivity contribution in [1.29, 1.82) is 0 Å². The van der Waals surface area contributed by atoms with Crippen LogP contribution in [-0.4, -0.2) is 17.1 Å². The van der Waals surface area contributed by atoms with Gasteiger partial charge in [0.2, 0.25) is 5.91 Å². The van der Waals surface area contributed by atoms with Crippen molar-refractivity contribution in [3.8, 4) is 0 Å². The molecule has 3 rings (SSSR count). The molecular weight excluding hydrogens is 286 g/mol. The lowest BCUT2D eigenvalue weighted by atomic mass is 9.74. The number of rotatable bonds is 5. The third kappa shape index (κ3) is 2.47. The van der Waals surface area contributed by atoms with Gasteiger partial charge in [-0.05, 0) is 43.5 Å². The maximum Gasteiger partial charge on any atom is 0.242 e. The summed E-state index contributed by atoms with van der Waals surface area (Å²) in [5, 5.41) is 10.00. The molecule has 0 fully saturated rings. The van der Waals surface area contributed by atoms with Crippen LogP contribution < -0.4 is 4.90 Å². The highest BCUT2D eigenvalue weighted by Gasteiger charge is 2.50. The third-order valence-electron chi connectivity index (χ3n) is 4.42. The summed E-state index contributed by atoms with van der Waals surface area (Å²) in [6, 6.07) is 17.5. The Kier molecular flexibility index (Phi) is 4.05. The van der Waals surface area contributed by atoms with Crippen LogP contribution in [0.5, 0.6) is 0 Å². The maximum absolute atomic E-state index is 13.4. The number of allylic oxidation sites excluding steroid dienone is 1. The predicted octanol–water partition coefficient (Wildman–Crippen LogP) is 3.95. The van der Waals surface area contributed by atoms with E-state index in [0.29, 0.717) is 12.8 Å². The van der Waals surface area contributed by atoms with E-state index in [1.54, 1.807) is 17.9 Å². The minimum Gasteiger partial charge on any atom is -0.393 e. The number of hydrogen-bond donors (Lipinski definition) is 1. The van der Waals surface area contributed by atoms with Gasteiger partial charge in [0, 0.05) is 5.69 Å². The predicted molar refractivity (Wildman–Crippen MR) is 92.8 cm³/mol. The van der Waals surface area contributed by atoms with Crippen LogP contribution >= 0.6 is 0 Å². The molecule has 0 saturated heterocycles. The van der Waals surface area contributed by atoms with Gasteiger partial charge in [0.1, 0.15) is 0 Å². The number of nitrogens with zero attached hydrogens (tertiary/aromatic N) is 1. The molecule has 3 nitrogen and oxygen atoms in total. The molecule has 0 bridgehead atoms. The van der Waals surface area contributed by atoms with Gasteiger partial charge in [0.05, 0.1) is 17.2 Å². The fourth-order valence-corrected chi connectivity index (χ4v) is 3.57. The normalized spacial score (nSPS) is 21.1. The molecule has 2 unspecified atom stereocenters. The molecule has 0 aromatic heterocycles. The summed E-state index contributed by atoms with van der Waals surface area (Å²) in [6.45, 7) is 5.56. The average molecular weight is 307 g/mol. The minimum absolute atomic E-state index is 0.00528. The van der Waals surface area contributed by atoms with E-state index in [1.165, 1.54) is 0 Å². The lowest BCUT2D eigenvalue weighted by molar-refractivity contribution is -0.123. The van der Waals surface area contributed by atoms with Gasteiger partial charge in [-0.1, -0.05) is 42.5 Å². The standard InChI is InChI=1S/C20H21NO2/c1-3-13-20(14-15(2)22)17-11-7-8-12-18(17)21(19(20)23)16-9-5-4-6-10-16/h3-12,15,22H,1,13-14H2,2H3. The van der Waals surface area contributed by atoms with Gasteiger partial charge in [-0.3, -0.25) is 9.69 Å². The van der Waals surface area contributed by atoms with E-state index in [-0.39, 0.29) is 5.91 Å². The molecule has 23 heavy (non-hydrogen) atoms. The van der Waals surface area contributed by atoms with Gasteiger partial charge < -0.3 is 5.11 Å². The summed E-state index contributed by atoms with van der Waals surface area (Å²) in [6.07, 6.45) is 2.10. The molecule has 1 N–H and O–H groups in total. The Labute approximate surface area is 136 Å². The highest BCUT2D eigenvalue weighted by atomic mass is 16.3. The number of amides is 1. The Morgan fingerprint density at radius 3 is 2.48 bits per heavy atom. The lowest BCUT2D eigenvalue weighted by Crippen LogP contribution is -2.40. The van der Waals surface area contributed by atoms with Gasteiger partial charge in [0.15, 0.2) is 0 Å². The van der Waals surface area contributed by atoms with Crippen molar-refractivity contribution < 1.29 is 9.90 Å². The molecule has 1 amide bonds. The number of aliphatic hydroxyl groups excluding tert-OH is 1. The lowest BCUT2D eigenvalue weighted by Gasteiger charge is -2.29. The second-order valence-electron chi connectivity index (χ2n) is 6.12. The Balaban J connectivity index is 2.20. The second-order valence-corrected chi connectivity index (χ2v) is 6.12. The molecule has 0 radical (unpaired) electrons. The SMILES string of the molecule is C=CCC1(CC(C)O)C(=O)N(c2ccccc2)c2ccccc21. The molecule has 2 aromatic carbocycles. The van der Waals surface area contributed by atoms with Crippen molar-refractivity contribution in [2.75, 3.05) is 4.90 Å². The zero-order valence-corrected chi connectivity index (χ0v) is 13.3. The quantitative estimate of drug-likeness (QED) is 0.850.